The fraction of sp³-hybridized carbons (Fsp3) is 0.697. The van der Waals surface area contributed by atoms with Crippen molar-refractivity contribution < 1.29 is 19.1 Å². The van der Waals surface area contributed by atoms with Gasteiger partial charge in [-0.1, -0.05) is 0 Å². The highest BCUT2D eigenvalue weighted by Crippen LogP contribution is 2.34. The predicted octanol–water partition coefficient (Wildman–Crippen LogP) is 3.65. The predicted molar refractivity (Wildman–Crippen MR) is 169 cm³/mol. The second-order valence-electron chi connectivity index (χ2n) is 14.4. The van der Waals surface area contributed by atoms with Gasteiger partial charge in [-0.3, -0.25) is 28.9 Å². The molecule has 4 saturated heterocycles. The fourth-order valence-corrected chi connectivity index (χ4v) is 7.76. The van der Waals surface area contributed by atoms with Gasteiger partial charge in [0.05, 0.1) is 11.0 Å². The third-order valence-corrected chi connectivity index (χ3v) is 10.2. The third kappa shape index (κ3) is 6.39. The highest BCUT2D eigenvalue weighted by atomic mass is 16.6. The molecule has 11 heteroatoms. The highest BCUT2D eigenvalue weighted by Gasteiger charge is 2.35. The number of ether oxygens (including phenoxy) is 1. The topological polar surface area (TPSA) is 109 Å². The molecule has 4 aliphatic heterocycles. The molecule has 0 bridgehead atoms. The minimum atomic E-state index is -0.664. The van der Waals surface area contributed by atoms with E-state index in [4.69, 9.17) is 4.74 Å². The molecule has 1 N–H and O–H groups in total. The molecule has 1 aromatic carbocycles. The van der Waals surface area contributed by atoms with E-state index in [1.54, 1.807) is 16.2 Å². The van der Waals surface area contributed by atoms with E-state index >= 15 is 0 Å². The minimum Gasteiger partial charge on any atom is -0.444 e. The van der Waals surface area contributed by atoms with E-state index in [1.165, 1.54) is 32.1 Å². The molecule has 2 aromatic rings. The van der Waals surface area contributed by atoms with Crippen molar-refractivity contribution in [3.05, 3.63) is 28.7 Å². The van der Waals surface area contributed by atoms with Crippen LogP contribution in [0.2, 0.25) is 0 Å². The van der Waals surface area contributed by atoms with Crippen LogP contribution >= 0.6 is 0 Å². The van der Waals surface area contributed by atoms with Crippen LogP contribution in [0, 0.1) is 11.8 Å². The van der Waals surface area contributed by atoms with Crippen LogP contribution in [0.25, 0.3) is 11.0 Å². The highest BCUT2D eigenvalue weighted by molar-refractivity contribution is 6.00. The Morgan fingerprint density at radius 1 is 0.909 bits per heavy atom. The first-order valence-corrected chi connectivity index (χ1v) is 16.5. The lowest BCUT2D eigenvalue weighted by molar-refractivity contribution is -0.135. The van der Waals surface area contributed by atoms with E-state index in [0.717, 1.165) is 74.2 Å². The molecular formula is C33H48N6O5. The number of nitrogens with zero attached hydrogens (tertiary/aromatic N) is 5. The number of aromatic nitrogens is 2. The number of anilines is 1. The zero-order valence-electron chi connectivity index (χ0n) is 26.7. The molecule has 0 saturated carbocycles. The quantitative estimate of drug-likeness (QED) is 0.517. The molecule has 1 aromatic heterocycles. The van der Waals surface area contributed by atoms with E-state index in [1.807, 2.05) is 31.7 Å². The molecular weight excluding hydrogens is 560 g/mol. The second-order valence-corrected chi connectivity index (χ2v) is 14.4. The van der Waals surface area contributed by atoms with Gasteiger partial charge >= 0.3 is 11.8 Å². The summed E-state index contributed by atoms with van der Waals surface area (Å²) >= 11 is 0. The third-order valence-electron chi connectivity index (χ3n) is 10.2. The van der Waals surface area contributed by atoms with Crippen molar-refractivity contribution in [3.63, 3.8) is 0 Å². The molecule has 2 atom stereocenters. The molecule has 3 amide bonds. The zero-order chi connectivity index (χ0) is 31.2. The van der Waals surface area contributed by atoms with E-state index < -0.39 is 17.6 Å². The Kier molecular flexibility index (Phi) is 8.52. The van der Waals surface area contributed by atoms with Crippen molar-refractivity contribution in [3.8, 4) is 0 Å². The lowest BCUT2D eigenvalue weighted by Crippen LogP contribution is -2.44. The monoisotopic (exact) mass is 608 g/mol. The van der Waals surface area contributed by atoms with Gasteiger partial charge in [-0.2, -0.15) is 0 Å². The Balaban J connectivity index is 0.990. The summed E-state index contributed by atoms with van der Waals surface area (Å²) in [5.41, 5.74) is 1.96. The SMILES string of the molecule is Cn1c(=O)n(C2CCC(=O)NC2=O)c2ccc(N3CCC(CC4CCN([C@@H]5CCN(C(=O)OC(C)(C)C)C5)CC4)CC3)cc21. The van der Waals surface area contributed by atoms with Crippen molar-refractivity contribution >= 4 is 34.6 Å². The van der Waals surface area contributed by atoms with Gasteiger partial charge in [-0.05, 0) is 109 Å². The zero-order valence-corrected chi connectivity index (χ0v) is 26.7. The first-order valence-electron chi connectivity index (χ1n) is 16.5. The van der Waals surface area contributed by atoms with Gasteiger partial charge in [0.25, 0.3) is 0 Å². The molecule has 0 spiro atoms. The summed E-state index contributed by atoms with van der Waals surface area (Å²) in [4.78, 5) is 56.7. The van der Waals surface area contributed by atoms with Gasteiger partial charge in [0, 0.05) is 51.4 Å². The van der Waals surface area contributed by atoms with Crippen LogP contribution in [0.3, 0.4) is 0 Å². The maximum absolute atomic E-state index is 13.1. The van der Waals surface area contributed by atoms with Crippen LogP contribution in [-0.4, -0.2) is 87.8 Å². The van der Waals surface area contributed by atoms with E-state index in [0.29, 0.717) is 12.5 Å². The van der Waals surface area contributed by atoms with Crippen molar-refractivity contribution in [2.45, 2.75) is 89.8 Å². The molecule has 6 rings (SSSR count). The summed E-state index contributed by atoms with van der Waals surface area (Å²) < 4.78 is 8.74. The number of carbonyl (C=O) groups is 3. The van der Waals surface area contributed by atoms with Gasteiger partial charge < -0.3 is 14.5 Å². The standard InChI is InChI=1S/C33H48N6O5/c1-33(2,3)44-32(43)38-18-13-25(21-38)37-16-11-23(12-17-37)19-22-9-14-36(15-10-22)24-5-6-26-28(20-24)35(4)31(42)39(26)27-7-8-29(40)34-30(27)41/h5-6,20,22-23,25,27H,7-19,21H2,1-4H3,(H,34,40,41)/t25-,27?/m1/s1. The van der Waals surface area contributed by atoms with Gasteiger partial charge in [0.1, 0.15) is 11.6 Å². The number of piperidine rings is 3. The maximum atomic E-state index is 13.1. The average molecular weight is 609 g/mol. The Labute approximate surface area is 259 Å². The van der Waals surface area contributed by atoms with Crippen molar-refractivity contribution in [2.24, 2.45) is 18.9 Å². The van der Waals surface area contributed by atoms with E-state index in [-0.39, 0.29) is 24.1 Å². The number of hydrogen-bond donors (Lipinski definition) is 1. The molecule has 240 valence electrons. The molecule has 0 aliphatic carbocycles. The van der Waals surface area contributed by atoms with Gasteiger partial charge in [-0.25, -0.2) is 9.59 Å². The Hall–Kier alpha value is -3.34. The fourth-order valence-electron chi connectivity index (χ4n) is 7.76. The second kappa shape index (κ2) is 12.2. The lowest BCUT2D eigenvalue weighted by atomic mass is 9.82. The number of imidazole rings is 1. The van der Waals surface area contributed by atoms with E-state index in [9.17, 15) is 19.2 Å². The van der Waals surface area contributed by atoms with Gasteiger partial charge in [-0.15, -0.1) is 0 Å². The maximum Gasteiger partial charge on any atom is 0.410 e. The van der Waals surface area contributed by atoms with Gasteiger partial charge in [0.15, 0.2) is 0 Å². The number of nitrogens with one attached hydrogen (secondary N) is 1. The molecule has 1 unspecified atom stereocenters. The molecule has 0 radical (unpaired) electrons. The lowest BCUT2D eigenvalue weighted by Gasteiger charge is -2.39. The summed E-state index contributed by atoms with van der Waals surface area (Å²) in [6.45, 7) is 11.6. The number of benzene rings is 1. The van der Waals surface area contributed by atoms with Crippen LogP contribution in [0.4, 0.5) is 10.5 Å². The summed E-state index contributed by atoms with van der Waals surface area (Å²) in [7, 11) is 1.75. The molecule has 5 heterocycles. The molecule has 4 aliphatic rings. The Morgan fingerprint density at radius 3 is 2.25 bits per heavy atom. The summed E-state index contributed by atoms with van der Waals surface area (Å²) in [5, 5.41) is 2.38. The van der Waals surface area contributed by atoms with E-state index in [2.05, 4.69) is 27.2 Å². The summed E-state index contributed by atoms with van der Waals surface area (Å²) in [5.74, 6) is 0.812. The van der Waals surface area contributed by atoms with Crippen LogP contribution < -0.4 is 15.9 Å². The molecule has 4 fully saturated rings. The number of carbonyl (C=O) groups excluding carboxylic acids is 3. The van der Waals surface area contributed by atoms with Gasteiger partial charge in [0.2, 0.25) is 11.8 Å². The van der Waals surface area contributed by atoms with Crippen molar-refractivity contribution in [2.75, 3.05) is 44.2 Å². The molecule has 11 nitrogen and oxygen atoms in total. The number of fused-ring (bicyclic) bond motifs is 1. The normalized spacial score (nSPS) is 24.7. The Bertz CT molecular complexity index is 1460. The number of rotatable bonds is 5. The van der Waals surface area contributed by atoms with Crippen molar-refractivity contribution in [1.82, 2.24) is 24.3 Å². The Morgan fingerprint density at radius 2 is 1.59 bits per heavy atom. The average Bonchev–Trinajstić information content (AvgIpc) is 3.57. The summed E-state index contributed by atoms with van der Waals surface area (Å²) in [6, 6.07) is 5.87. The first kappa shape index (κ1) is 30.7. The first-order chi connectivity index (χ1) is 21.0. The minimum absolute atomic E-state index is 0.184. The number of imide groups is 1. The number of hydrogen-bond acceptors (Lipinski definition) is 7. The van der Waals surface area contributed by atoms with Crippen LogP contribution in [-0.2, 0) is 21.4 Å². The summed E-state index contributed by atoms with van der Waals surface area (Å²) in [6.07, 6.45) is 7.52. The van der Waals surface area contributed by atoms with Crippen LogP contribution in [0.1, 0.15) is 78.2 Å². The number of aryl methyl sites for hydroxylation is 1. The number of amides is 3. The number of likely N-dealkylation sites (tertiary alicyclic amines) is 2. The van der Waals surface area contributed by atoms with Crippen molar-refractivity contribution in [1.29, 1.82) is 0 Å². The molecule has 44 heavy (non-hydrogen) atoms. The largest absolute Gasteiger partial charge is 0.444 e. The van der Waals surface area contributed by atoms with Crippen LogP contribution in [0.5, 0.6) is 0 Å². The smallest absolute Gasteiger partial charge is 0.410 e. The van der Waals surface area contributed by atoms with Crippen LogP contribution in [0.15, 0.2) is 23.0 Å².